The van der Waals surface area contributed by atoms with Gasteiger partial charge in [-0.2, -0.15) is 0 Å². The van der Waals surface area contributed by atoms with Gasteiger partial charge in [0.05, 0.1) is 0 Å². The molecule has 0 atom stereocenters. The lowest BCUT2D eigenvalue weighted by Gasteiger charge is -1.82. The number of benzene rings is 3. The summed E-state index contributed by atoms with van der Waals surface area (Å²) in [6.07, 6.45) is 4.64. The first-order valence-electron chi connectivity index (χ1n) is 12.1. The molecule has 0 spiro atoms. The van der Waals surface area contributed by atoms with Crippen LogP contribution in [0.4, 0.5) is 0 Å². The van der Waals surface area contributed by atoms with E-state index in [0.29, 0.717) is 0 Å². The molecule has 0 amide bonds. The minimum absolute atomic E-state index is 0. The quantitative estimate of drug-likeness (QED) is 0.278. The van der Waals surface area contributed by atoms with Crippen molar-refractivity contribution in [1.82, 2.24) is 0 Å². The van der Waals surface area contributed by atoms with Gasteiger partial charge < -0.3 is 0 Å². The van der Waals surface area contributed by atoms with Crippen molar-refractivity contribution in [3.8, 4) is 0 Å². The van der Waals surface area contributed by atoms with Gasteiger partial charge in [0.25, 0.3) is 0 Å². The van der Waals surface area contributed by atoms with Crippen LogP contribution in [0.1, 0.15) is 60.1 Å². The molecule has 3 aromatic rings. The molecule has 3 aromatic carbocycles. The van der Waals surface area contributed by atoms with E-state index < -0.39 is 19.7 Å². The van der Waals surface area contributed by atoms with Crippen LogP contribution < -0.4 is 0 Å². The largest absolute Gasteiger partial charge is 0.229 e. The third kappa shape index (κ3) is 87.4. The number of hydrogen-bond donors (Lipinski definition) is 0. The molecule has 0 aliphatic heterocycles. The maximum Gasteiger partial charge on any atom is 0.144 e. The predicted octanol–water partition coefficient (Wildman–Crippen LogP) is 8.71. The molecule has 0 radical (unpaired) electrons. The molecule has 6 heteroatoms. The van der Waals surface area contributed by atoms with Gasteiger partial charge in [-0.25, -0.2) is 16.8 Å². The Hall–Kier alpha value is -2.44. The second-order valence-corrected chi connectivity index (χ2v) is 11.3. The van der Waals surface area contributed by atoms with Gasteiger partial charge in [-0.15, -0.1) is 0 Å². The average molecular weight is 557 g/mol. The standard InChI is InChI=1S/2C7H8.C6H6.2C2H6O2S.3C2H6.CH4/c2*1-7-5-3-2-4-6-7;1-2-4-6-5-3-1;2*1-5(2,3)4;3*1-2;/h2*2-6H,1H3;1-6H;2*1-2H3;3*1-2H3;1H4. The summed E-state index contributed by atoms with van der Waals surface area (Å²) in [5, 5.41) is 0. The number of rotatable bonds is 0. The van der Waals surface area contributed by atoms with E-state index in [1.54, 1.807) is 0 Å². The van der Waals surface area contributed by atoms with Crippen LogP contribution in [-0.4, -0.2) is 41.9 Å². The predicted molar refractivity (Wildman–Crippen MR) is 171 cm³/mol. The van der Waals surface area contributed by atoms with Gasteiger partial charge in [0.15, 0.2) is 0 Å². The minimum atomic E-state index is -2.67. The fraction of sp³-hybridized carbons (Fsp3) is 0.419. The van der Waals surface area contributed by atoms with Crippen molar-refractivity contribution in [2.45, 2.75) is 62.8 Å². The van der Waals surface area contributed by atoms with E-state index in [2.05, 4.69) is 38.1 Å². The van der Waals surface area contributed by atoms with Gasteiger partial charge in [-0.3, -0.25) is 0 Å². The minimum Gasteiger partial charge on any atom is -0.229 e. The Morgan fingerprint density at radius 2 is 0.486 bits per heavy atom. The van der Waals surface area contributed by atoms with Crippen molar-refractivity contribution in [2.24, 2.45) is 0 Å². The van der Waals surface area contributed by atoms with Crippen molar-refractivity contribution in [1.29, 1.82) is 0 Å². The molecular formula is C31H56O4S2. The summed E-state index contributed by atoms with van der Waals surface area (Å²) >= 11 is 0. The maximum absolute atomic E-state index is 9.63. The summed E-state index contributed by atoms with van der Waals surface area (Å²) in [7, 11) is -5.33. The SMILES string of the molecule is C.CC.CC.CC.CS(C)(=O)=O.CS(C)(=O)=O.Cc1ccccc1.Cc1ccccc1.c1ccccc1. The highest BCUT2D eigenvalue weighted by Gasteiger charge is 1.79. The van der Waals surface area contributed by atoms with Gasteiger partial charge in [0.1, 0.15) is 19.7 Å². The van der Waals surface area contributed by atoms with Crippen LogP contribution in [0.25, 0.3) is 0 Å². The fourth-order valence-corrected chi connectivity index (χ4v) is 1.45. The van der Waals surface area contributed by atoms with Gasteiger partial charge in [0, 0.05) is 25.0 Å². The lowest BCUT2D eigenvalue weighted by molar-refractivity contribution is 0.605. The van der Waals surface area contributed by atoms with Gasteiger partial charge >= 0.3 is 0 Å². The highest BCUT2D eigenvalue weighted by Crippen LogP contribution is 1.92. The third-order valence-corrected chi connectivity index (χ3v) is 2.55. The van der Waals surface area contributed by atoms with Crippen molar-refractivity contribution in [3.05, 3.63) is 108 Å². The Balaban J connectivity index is -0.0000000772. The Kier molecular flexibility index (Phi) is 46.1. The normalized spacial score (nSPS) is 8.22. The van der Waals surface area contributed by atoms with Crippen molar-refractivity contribution >= 4 is 19.7 Å². The molecule has 4 nitrogen and oxygen atoms in total. The number of aryl methyl sites for hydroxylation is 2. The topological polar surface area (TPSA) is 68.3 Å². The van der Waals surface area contributed by atoms with E-state index >= 15 is 0 Å². The van der Waals surface area contributed by atoms with Crippen molar-refractivity contribution < 1.29 is 16.8 Å². The van der Waals surface area contributed by atoms with Crippen LogP contribution in [0.2, 0.25) is 0 Å². The van der Waals surface area contributed by atoms with E-state index in [1.807, 2.05) is 114 Å². The summed E-state index contributed by atoms with van der Waals surface area (Å²) in [6.45, 7) is 16.2. The summed E-state index contributed by atoms with van der Waals surface area (Å²) in [5.74, 6) is 0. The average Bonchev–Trinajstić information content (AvgIpc) is 2.84. The molecule has 0 bridgehead atoms. The zero-order valence-corrected chi connectivity index (χ0v) is 26.3. The first kappa shape index (κ1) is 47.7. The lowest BCUT2D eigenvalue weighted by atomic mass is 10.2. The molecule has 0 aliphatic carbocycles. The first-order chi connectivity index (χ1) is 16.8. The molecule has 216 valence electrons. The van der Waals surface area contributed by atoms with Crippen LogP contribution in [0.5, 0.6) is 0 Å². The number of sulfone groups is 2. The summed E-state index contributed by atoms with van der Waals surface area (Å²) in [6, 6.07) is 32.5. The Labute approximate surface area is 232 Å². The molecule has 0 unspecified atom stereocenters. The summed E-state index contributed by atoms with van der Waals surface area (Å²) in [5.41, 5.74) is 2.64. The molecule has 0 heterocycles. The summed E-state index contributed by atoms with van der Waals surface area (Å²) < 4.78 is 38.5. The molecule has 0 fully saturated rings. The maximum atomic E-state index is 9.63. The summed E-state index contributed by atoms with van der Waals surface area (Å²) in [4.78, 5) is 0. The highest BCUT2D eigenvalue weighted by atomic mass is 32.2. The third-order valence-electron chi connectivity index (χ3n) is 2.55. The van der Waals surface area contributed by atoms with E-state index in [0.717, 1.165) is 25.0 Å². The highest BCUT2D eigenvalue weighted by molar-refractivity contribution is 7.90. The van der Waals surface area contributed by atoms with Crippen LogP contribution in [0.15, 0.2) is 97.1 Å². The molecule has 0 saturated heterocycles. The Bertz CT molecular complexity index is 845. The first-order valence-corrected chi connectivity index (χ1v) is 16.7. The molecule has 37 heavy (non-hydrogen) atoms. The molecule has 0 saturated carbocycles. The molecule has 3 rings (SSSR count). The Morgan fingerprint density at radius 3 is 0.568 bits per heavy atom. The van der Waals surface area contributed by atoms with Gasteiger partial charge in [-0.05, 0) is 13.8 Å². The van der Waals surface area contributed by atoms with Crippen molar-refractivity contribution in [3.63, 3.8) is 0 Å². The fourth-order valence-electron chi connectivity index (χ4n) is 1.45. The van der Waals surface area contributed by atoms with E-state index in [4.69, 9.17) is 0 Å². The van der Waals surface area contributed by atoms with Gasteiger partial charge in [-0.1, -0.05) is 157 Å². The van der Waals surface area contributed by atoms with Crippen LogP contribution >= 0.6 is 0 Å². The zero-order chi connectivity index (χ0) is 29.5. The van der Waals surface area contributed by atoms with E-state index in [-0.39, 0.29) is 7.43 Å². The number of hydrogen-bond acceptors (Lipinski definition) is 4. The van der Waals surface area contributed by atoms with E-state index in [1.165, 1.54) is 11.1 Å². The van der Waals surface area contributed by atoms with Crippen LogP contribution in [-0.2, 0) is 19.7 Å². The van der Waals surface area contributed by atoms with Crippen LogP contribution in [0.3, 0.4) is 0 Å². The zero-order valence-electron chi connectivity index (χ0n) is 24.7. The second-order valence-electron chi connectivity index (χ2n) is 6.75. The Morgan fingerprint density at radius 1 is 0.378 bits per heavy atom. The molecule has 0 N–H and O–H groups in total. The molecule has 0 aromatic heterocycles. The molecular weight excluding hydrogens is 500 g/mol. The lowest BCUT2D eigenvalue weighted by Crippen LogP contribution is -1.86. The van der Waals surface area contributed by atoms with Crippen LogP contribution in [0, 0.1) is 13.8 Å². The monoisotopic (exact) mass is 556 g/mol. The van der Waals surface area contributed by atoms with E-state index in [9.17, 15) is 16.8 Å². The second kappa shape index (κ2) is 35.7. The van der Waals surface area contributed by atoms with Gasteiger partial charge in [0.2, 0.25) is 0 Å². The smallest absolute Gasteiger partial charge is 0.144 e. The van der Waals surface area contributed by atoms with Crippen molar-refractivity contribution in [2.75, 3.05) is 25.0 Å². The molecule has 0 aliphatic rings.